The third kappa shape index (κ3) is 2.65. The van der Waals surface area contributed by atoms with Gasteiger partial charge in [0.2, 0.25) is 0 Å². The summed E-state index contributed by atoms with van der Waals surface area (Å²) in [6, 6.07) is 13.0. The lowest BCUT2D eigenvalue weighted by Gasteiger charge is -2.13. The van der Waals surface area contributed by atoms with Gasteiger partial charge in [-0.25, -0.2) is 0 Å². The highest BCUT2D eigenvalue weighted by atomic mass is 16.5. The number of phenols is 1. The average Bonchev–Trinajstić information content (AvgIpc) is 2.36. The van der Waals surface area contributed by atoms with Crippen LogP contribution >= 0.6 is 0 Å². The smallest absolute Gasteiger partial charge is 0.169 e. The predicted molar refractivity (Wildman–Crippen MR) is 73.4 cm³/mol. The minimum atomic E-state index is 0.168. The van der Waals surface area contributed by atoms with Crippen molar-refractivity contribution >= 4 is 0 Å². The Hall–Kier alpha value is -1.96. The van der Waals surface area contributed by atoms with E-state index >= 15 is 0 Å². The number of hydrogen-bond acceptors (Lipinski definition) is 2. The molecule has 0 aromatic heterocycles. The summed E-state index contributed by atoms with van der Waals surface area (Å²) in [6.45, 7) is 4.24. The van der Waals surface area contributed by atoms with Crippen molar-refractivity contribution < 1.29 is 9.84 Å². The molecule has 0 amide bonds. The van der Waals surface area contributed by atoms with E-state index in [-0.39, 0.29) is 5.75 Å². The number of ether oxygens (including phenoxy) is 1. The molecule has 0 heterocycles. The van der Waals surface area contributed by atoms with Crippen molar-refractivity contribution in [2.45, 2.75) is 26.7 Å². The van der Waals surface area contributed by atoms with Crippen LogP contribution in [0, 0.1) is 6.92 Å². The molecule has 0 aliphatic carbocycles. The number of rotatable bonds is 4. The van der Waals surface area contributed by atoms with Gasteiger partial charge in [-0.3, -0.25) is 0 Å². The Balaban J connectivity index is 2.34. The van der Waals surface area contributed by atoms with E-state index < -0.39 is 0 Å². The largest absolute Gasteiger partial charge is 0.504 e. The van der Waals surface area contributed by atoms with Crippen LogP contribution in [0.15, 0.2) is 42.5 Å². The first-order chi connectivity index (χ1) is 8.72. The SMILES string of the molecule is CCCc1c(C)cccc1Oc1ccccc1O. The van der Waals surface area contributed by atoms with Crippen LogP contribution in [0.4, 0.5) is 0 Å². The maximum atomic E-state index is 9.74. The number of aromatic hydroxyl groups is 1. The molecular weight excluding hydrogens is 224 g/mol. The van der Waals surface area contributed by atoms with Crippen LogP contribution in [0.2, 0.25) is 0 Å². The molecule has 0 saturated carbocycles. The van der Waals surface area contributed by atoms with Crippen molar-refractivity contribution in [3.63, 3.8) is 0 Å². The molecule has 2 aromatic carbocycles. The summed E-state index contributed by atoms with van der Waals surface area (Å²) in [5.74, 6) is 1.50. The molecule has 0 spiro atoms. The molecule has 0 aliphatic heterocycles. The highest BCUT2D eigenvalue weighted by molar-refractivity contribution is 5.46. The molecule has 0 unspecified atom stereocenters. The third-order valence-corrected chi connectivity index (χ3v) is 2.95. The Morgan fingerprint density at radius 3 is 2.44 bits per heavy atom. The van der Waals surface area contributed by atoms with Gasteiger partial charge in [-0.15, -0.1) is 0 Å². The van der Waals surface area contributed by atoms with Crippen LogP contribution in [0.5, 0.6) is 17.2 Å². The van der Waals surface area contributed by atoms with Crippen LogP contribution < -0.4 is 4.74 Å². The van der Waals surface area contributed by atoms with E-state index in [0.717, 1.165) is 18.6 Å². The predicted octanol–water partition coefficient (Wildman–Crippen LogP) is 4.45. The molecule has 2 aromatic rings. The first-order valence-electron chi connectivity index (χ1n) is 6.26. The van der Waals surface area contributed by atoms with Gasteiger partial charge in [-0.05, 0) is 42.7 Å². The van der Waals surface area contributed by atoms with Crippen molar-refractivity contribution in [2.24, 2.45) is 0 Å². The quantitative estimate of drug-likeness (QED) is 0.858. The zero-order chi connectivity index (χ0) is 13.0. The van der Waals surface area contributed by atoms with E-state index in [2.05, 4.69) is 19.9 Å². The molecule has 0 fully saturated rings. The Morgan fingerprint density at radius 1 is 1.00 bits per heavy atom. The fraction of sp³-hybridized carbons (Fsp3) is 0.250. The number of benzene rings is 2. The topological polar surface area (TPSA) is 29.5 Å². The molecule has 2 heteroatoms. The van der Waals surface area contributed by atoms with E-state index in [1.165, 1.54) is 11.1 Å². The molecule has 0 radical (unpaired) electrons. The van der Waals surface area contributed by atoms with E-state index in [4.69, 9.17) is 4.74 Å². The summed E-state index contributed by atoms with van der Waals surface area (Å²) in [6.07, 6.45) is 2.05. The zero-order valence-corrected chi connectivity index (χ0v) is 10.8. The Bertz CT molecular complexity index is 532. The number of phenolic OH excluding ortho intramolecular Hbond substituents is 1. The fourth-order valence-corrected chi connectivity index (χ4v) is 2.00. The van der Waals surface area contributed by atoms with Gasteiger partial charge in [0.1, 0.15) is 5.75 Å². The van der Waals surface area contributed by atoms with Crippen LogP contribution in [-0.2, 0) is 6.42 Å². The van der Waals surface area contributed by atoms with Gasteiger partial charge in [-0.1, -0.05) is 37.6 Å². The zero-order valence-electron chi connectivity index (χ0n) is 10.8. The van der Waals surface area contributed by atoms with Crippen LogP contribution in [0.3, 0.4) is 0 Å². The maximum absolute atomic E-state index is 9.74. The second-order valence-electron chi connectivity index (χ2n) is 4.37. The molecule has 2 rings (SSSR count). The number of aryl methyl sites for hydroxylation is 1. The lowest BCUT2D eigenvalue weighted by atomic mass is 10.0. The highest BCUT2D eigenvalue weighted by Crippen LogP contribution is 2.33. The Morgan fingerprint density at radius 2 is 1.72 bits per heavy atom. The molecule has 94 valence electrons. The maximum Gasteiger partial charge on any atom is 0.169 e. The first-order valence-corrected chi connectivity index (χ1v) is 6.26. The average molecular weight is 242 g/mol. The number of hydrogen-bond donors (Lipinski definition) is 1. The van der Waals surface area contributed by atoms with Crippen molar-refractivity contribution in [1.82, 2.24) is 0 Å². The standard InChI is InChI=1S/C16H18O2/c1-3-7-13-12(2)8-6-11-15(13)18-16-10-5-4-9-14(16)17/h4-6,8-11,17H,3,7H2,1-2H3. The molecule has 1 N–H and O–H groups in total. The lowest BCUT2D eigenvalue weighted by molar-refractivity contribution is 0.408. The van der Waals surface area contributed by atoms with Crippen molar-refractivity contribution in [3.05, 3.63) is 53.6 Å². The van der Waals surface area contributed by atoms with Gasteiger partial charge in [0.25, 0.3) is 0 Å². The minimum absolute atomic E-state index is 0.168. The molecule has 0 bridgehead atoms. The Labute approximate surface area is 108 Å². The summed E-state index contributed by atoms with van der Waals surface area (Å²) in [5.41, 5.74) is 2.44. The van der Waals surface area contributed by atoms with Gasteiger partial charge in [0, 0.05) is 0 Å². The molecule has 0 aliphatic rings. The Kier molecular flexibility index (Phi) is 3.88. The van der Waals surface area contributed by atoms with Crippen molar-refractivity contribution in [2.75, 3.05) is 0 Å². The second-order valence-corrected chi connectivity index (χ2v) is 4.37. The molecule has 0 atom stereocenters. The van der Waals surface area contributed by atoms with Gasteiger partial charge in [0.05, 0.1) is 0 Å². The van der Waals surface area contributed by atoms with Crippen molar-refractivity contribution in [3.8, 4) is 17.2 Å². The second kappa shape index (κ2) is 5.58. The van der Waals surface area contributed by atoms with E-state index in [9.17, 15) is 5.11 Å². The summed E-state index contributed by atoms with van der Waals surface area (Å²) in [5, 5.41) is 9.74. The monoisotopic (exact) mass is 242 g/mol. The summed E-state index contributed by atoms with van der Waals surface area (Å²) in [7, 11) is 0. The van der Waals surface area contributed by atoms with Gasteiger partial charge < -0.3 is 9.84 Å². The lowest BCUT2D eigenvalue weighted by Crippen LogP contribution is -1.94. The van der Waals surface area contributed by atoms with Crippen LogP contribution in [-0.4, -0.2) is 5.11 Å². The highest BCUT2D eigenvalue weighted by Gasteiger charge is 2.09. The van der Waals surface area contributed by atoms with Gasteiger partial charge in [0.15, 0.2) is 11.5 Å². The molecule has 0 saturated heterocycles. The van der Waals surface area contributed by atoms with Gasteiger partial charge >= 0.3 is 0 Å². The molecular formula is C16H18O2. The summed E-state index contributed by atoms with van der Waals surface area (Å²) < 4.78 is 5.82. The van der Waals surface area contributed by atoms with Gasteiger partial charge in [-0.2, -0.15) is 0 Å². The first kappa shape index (κ1) is 12.5. The minimum Gasteiger partial charge on any atom is -0.504 e. The van der Waals surface area contributed by atoms with Crippen LogP contribution in [0.25, 0.3) is 0 Å². The van der Waals surface area contributed by atoms with E-state index in [0.29, 0.717) is 5.75 Å². The fourth-order valence-electron chi connectivity index (χ4n) is 2.00. The number of para-hydroxylation sites is 2. The normalized spacial score (nSPS) is 10.3. The van der Waals surface area contributed by atoms with E-state index in [1.54, 1.807) is 18.2 Å². The molecule has 18 heavy (non-hydrogen) atoms. The van der Waals surface area contributed by atoms with Crippen molar-refractivity contribution in [1.29, 1.82) is 0 Å². The summed E-state index contributed by atoms with van der Waals surface area (Å²) >= 11 is 0. The summed E-state index contributed by atoms with van der Waals surface area (Å²) in [4.78, 5) is 0. The molecule has 2 nitrogen and oxygen atoms in total. The van der Waals surface area contributed by atoms with E-state index in [1.807, 2.05) is 18.2 Å². The third-order valence-electron chi connectivity index (χ3n) is 2.95. The van der Waals surface area contributed by atoms with Crippen LogP contribution in [0.1, 0.15) is 24.5 Å².